The predicted molar refractivity (Wildman–Crippen MR) is 150 cm³/mol. The van der Waals surface area contributed by atoms with Gasteiger partial charge >= 0.3 is 4.87 Å². The van der Waals surface area contributed by atoms with Gasteiger partial charge in [-0.25, -0.2) is 0 Å². The Kier molecular flexibility index (Phi) is 5.66. The molecule has 2 saturated carbocycles. The predicted octanol–water partition coefficient (Wildman–Crippen LogP) is 6.36. The Balaban J connectivity index is 1.24. The number of nitrogens with one attached hydrogen (secondary N) is 1. The Morgan fingerprint density at radius 2 is 1.81 bits per heavy atom. The zero-order valence-corrected chi connectivity index (χ0v) is 22.2. The third-order valence-corrected chi connectivity index (χ3v) is 11.4. The van der Waals surface area contributed by atoms with Crippen molar-refractivity contribution in [1.82, 2.24) is 4.57 Å². The van der Waals surface area contributed by atoms with Crippen LogP contribution in [-0.2, 0) is 11.3 Å². The molecule has 7 heteroatoms. The van der Waals surface area contributed by atoms with Gasteiger partial charge in [-0.15, -0.1) is 11.8 Å². The highest BCUT2D eigenvalue weighted by molar-refractivity contribution is 8.00. The van der Waals surface area contributed by atoms with Crippen molar-refractivity contribution in [2.75, 3.05) is 12.4 Å². The largest absolute Gasteiger partial charge is 0.497 e. The first-order valence-electron chi connectivity index (χ1n) is 12.9. The van der Waals surface area contributed by atoms with Crippen LogP contribution in [0.15, 0.2) is 76.6 Å². The minimum atomic E-state index is -0.171. The number of carbonyl (C=O) groups is 1. The van der Waals surface area contributed by atoms with Crippen LogP contribution in [0.1, 0.15) is 35.6 Å². The first kappa shape index (κ1) is 23.1. The van der Waals surface area contributed by atoms with Crippen LogP contribution in [-0.4, -0.2) is 22.8 Å². The molecule has 0 saturated heterocycles. The summed E-state index contributed by atoms with van der Waals surface area (Å²) in [5.74, 6) is 2.82. The average molecular weight is 529 g/mol. The van der Waals surface area contributed by atoms with Crippen molar-refractivity contribution in [3.63, 3.8) is 0 Å². The molecular weight excluding hydrogens is 500 g/mol. The summed E-state index contributed by atoms with van der Waals surface area (Å²) in [6.07, 6.45) is 3.85. The van der Waals surface area contributed by atoms with E-state index in [1.165, 1.54) is 36.2 Å². The second-order valence-corrected chi connectivity index (χ2v) is 12.6. The summed E-state index contributed by atoms with van der Waals surface area (Å²) in [6.45, 7) is 0.0295. The van der Waals surface area contributed by atoms with E-state index in [0.717, 1.165) is 32.1 Å². The molecule has 2 fully saturated rings. The number of nitrogens with zero attached hydrogens (tertiary/aromatic N) is 1. The van der Waals surface area contributed by atoms with Crippen LogP contribution >= 0.6 is 23.1 Å². The van der Waals surface area contributed by atoms with E-state index < -0.39 is 0 Å². The number of fused-ring (bicyclic) bond motifs is 7. The summed E-state index contributed by atoms with van der Waals surface area (Å²) in [4.78, 5) is 27.7. The van der Waals surface area contributed by atoms with Crippen LogP contribution in [0.4, 0.5) is 5.69 Å². The molecule has 3 aromatic carbocycles. The number of carbonyl (C=O) groups excluding carboxylic acids is 1. The summed E-state index contributed by atoms with van der Waals surface area (Å²) in [7, 11) is 1.69. The summed E-state index contributed by atoms with van der Waals surface area (Å²) >= 11 is 3.20. The fourth-order valence-electron chi connectivity index (χ4n) is 6.94. The summed E-state index contributed by atoms with van der Waals surface area (Å²) < 4.78 is 7.13. The molecule has 37 heavy (non-hydrogen) atoms. The molecule has 7 rings (SSSR count). The lowest BCUT2D eigenvalue weighted by atomic mass is 9.75. The molecule has 4 unspecified atom stereocenters. The Bertz CT molecular complexity index is 1550. The van der Waals surface area contributed by atoms with Crippen LogP contribution in [0.25, 0.3) is 10.8 Å². The third kappa shape index (κ3) is 3.82. The summed E-state index contributed by atoms with van der Waals surface area (Å²) in [5.41, 5.74) is 2.02. The lowest BCUT2D eigenvalue weighted by Gasteiger charge is -2.40. The maximum absolute atomic E-state index is 13.4. The Morgan fingerprint density at radius 3 is 2.65 bits per heavy atom. The van der Waals surface area contributed by atoms with E-state index in [9.17, 15) is 9.59 Å². The van der Waals surface area contributed by atoms with E-state index in [0.29, 0.717) is 23.0 Å². The quantitative estimate of drug-likeness (QED) is 0.327. The zero-order valence-electron chi connectivity index (χ0n) is 20.6. The van der Waals surface area contributed by atoms with Gasteiger partial charge in [-0.2, -0.15) is 0 Å². The fourth-order valence-corrected chi connectivity index (χ4v) is 10.1. The van der Waals surface area contributed by atoms with Crippen molar-refractivity contribution < 1.29 is 9.53 Å². The lowest BCUT2D eigenvalue weighted by molar-refractivity contribution is -0.116. The van der Waals surface area contributed by atoms with Crippen LogP contribution in [0.5, 0.6) is 5.75 Å². The third-order valence-electron chi connectivity index (χ3n) is 8.53. The zero-order chi connectivity index (χ0) is 25.1. The number of benzene rings is 3. The van der Waals surface area contributed by atoms with Gasteiger partial charge in [-0.3, -0.25) is 14.2 Å². The second-order valence-electron chi connectivity index (χ2n) is 10.4. The number of thioether (sulfide) groups is 1. The Morgan fingerprint density at radius 1 is 1.03 bits per heavy atom. The minimum absolute atomic E-state index is 0.0295. The number of anilines is 1. The van der Waals surface area contributed by atoms with Gasteiger partial charge in [0.25, 0.3) is 0 Å². The van der Waals surface area contributed by atoms with Gasteiger partial charge in [0.05, 0.1) is 12.1 Å². The molecular formula is C30H28N2O3S2. The summed E-state index contributed by atoms with van der Waals surface area (Å²) in [5, 5.41) is 6.64. The molecule has 1 N–H and O–H groups in total. The standard InChI is InChI=1S/C30H28N2O3S2/c1-35-21-13-11-18(12-14-21)25-26-19-9-10-20(15-19)27(26)36-29-28(25)37-30(34)32(29)16-24(33)31-23-8-4-6-17-5-2-3-7-22(17)23/h2-8,11-14,19-20,25-27H,9-10,15-16H2,1H3,(H,31,33)/t19?,20?,25-,26?,27?/m0/s1. The number of aromatic nitrogens is 1. The van der Waals surface area contributed by atoms with Crippen molar-refractivity contribution in [2.24, 2.45) is 17.8 Å². The van der Waals surface area contributed by atoms with Crippen LogP contribution in [0, 0.1) is 17.8 Å². The first-order chi connectivity index (χ1) is 18.1. The summed E-state index contributed by atoms with van der Waals surface area (Å²) in [6, 6.07) is 22.3. The van der Waals surface area contributed by atoms with Crippen LogP contribution < -0.4 is 14.9 Å². The minimum Gasteiger partial charge on any atom is -0.497 e. The van der Waals surface area contributed by atoms with Crippen LogP contribution in [0.2, 0.25) is 0 Å². The highest BCUT2D eigenvalue weighted by Crippen LogP contribution is 2.64. The number of amides is 1. The van der Waals surface area contributed by atoms with E-state index in [1.807, 2.05) is 66.4 Å². The number of hydrogen-bond donors (Lipinski definition) is 1. The van der Waals surface area contributed by atoms with Crippen molar-refractivity contribution in [1.29, 1.82) is 0 Å². The number of ether oxygens (including phenoxy) is 1. The van der Waals surface area contributed by atoms with E-state index in [2.05, 4.69) is 17.4 Å². The molecule has 5 atom stereocenters. The molecule has 2 bridgehead atoms. The molecule has 2 heterocycles. The van der Waals surface area contributed by atoms with Gasteiger partial charge in [0.2, 0.25) is 5.91 Å². The maximum atomic E-state index is 13.4. The number of hydrogen-bond acceptors (Lipinski definition) is 5. The van der Waals surface area contributed by atoms with Crippen LogP contribution in [0.3, 0.4) is 0 Å². The Labute approximate surface area is 223 Å². The van der Waals surface area contributed by atoms with E-state index >= 15 is 0 Å². The van der Waals surface area contributed by atoms with E-state index in [4.69, 9.17) is 4.74 Å². The molecule has 0 spiro atoms. The molecule has 4 aromatic rings. The average Bonchev–Trinajstić information content (AvgIpc) is 3.62. The van der Waals surface area contributed by atoms with Gasteiger partial charge in [0.15, 0.2) is 0 Å². The molecule has 1 aliphatic heterocycles. The number of thiazole rings is 1. The molecule has 1 amide bonds. The van der Waals surface area contributed by atoms with Crippen molar-refractivity contribution in [3.05, 3.63) is 86.8 Å². The molecule has 1 aromatic heterocycles. The normalized spacial score (nSPS) is 25.6. The van der Waals surface area contributed by atoms with E-state index in [1.54, 1.807) is 11.7 Å². The smallest absolute Gasteiger partial charge is 0.308 e. The molecule has 3 aliphatic rings. The number of methoxy groups -OCH3 is 1. The number of rotatable bonds is 5. The van der Waals surface area contributed by atoms with Gasteiger partial charge in [0, 0.05) is 27.1 Å². The first-order valence-corrected chi connectivity index (χ1v) is 14.6. The Hall–Kier alpha value is -3.03. The highest BCUT2D eigenvalue weighted by atomic mass is 32.2. The van der Waals surface area contributed by atoms with Gasteiger partial charge in [-0.05, 0) is 66.2 Å². The molecule has 5 nitrogen and oxygen atoms in total. The maximum Gasteiger partial charge on any atom is 0.308 e. The van der Waals surface area contributed by atoms with Gasteiger partial charge < -0.3 is 10.1 Å². The topological polar surface area (TPSA) is 60.3 Å². The van der Waals surface area contributed by atoms with Gasteiger partial charge in [0.1, 0.15) is 12.3 Å². The van der Waals surface area contributed by atoms with Crippen molar-refractivity contribution in [3.8, 4) is 5.75 Å². The van der Waals surface area contributed by atoms with Crippen molar-refractivity contribution >= 4 is 45.5 Å². The fraction of sp³-hybridized carbons (Fsp3) is 0.333. The molecule has 2 aliphatic carbocycles. The SMILES string of the molecule is COc1ccc([C@@H]2c3sc(=O)n(CC(=O)Nc4cccc5ccccc45)c3SC3C4CCC(C4)C32)cc1. The highest BCUT2D eigenvalue weighted by Gasteiger charge is 2.55. The van der Waals surface area contributed by atoms with Gasteiger partial charge in [-0.1, -0.05) is 59.9 Å². The molecule has 0 radical (unpaired) electrons. The van der Waals surface area contributed by atoms with Crippen molar-refractivity contribution in [2.45, 2.75) is 42.0 Å². The lowest BCUT2D eigenvalue weighted by Crippen LogP contribution is -2.34. The second kappa shape index (κ2) is 9.07. The molecule has 188 valence electrons. The van der Waals surface area contributed by atoms with E-state index in [-0.39, 0.29) is 23.2 Å². The monoisotopic (exact) mass is 528 g/mol.